The van der Waals surface area contributed by atoms with Gasteiger partial charge in [-0.2, -0.15) is 5.26 Å². The van der Waals surface area contributed by atoms with Crippen LogP contribution < -0.4 is 10.2 Å². The number of hydrogen-bond acceptors (Lipinski definition) is 4. The molecular formula is C16H15N3OS. The number of thiophene rings is 1. The molecule has 1 aromatic heterocycles. The maximum Gasteiger partial charge on any atom is 0.227 e. The smallest absolute Gasteiger partial charge is 0.227 e. The molecule has 3 rings (SSSR count). The summed E-state index contributed by atoms with van der Waals surface area (Å²) in [5, 5.41) is 14.1. The van der Waals surface area contributed by atoms with E-state index >= 15 is 0 Å². The molecule has 1 aliphatic rings. The minimum absolute atomic E-state index is 0.187. The van der Waals surface area contributed by atoms with Crippen LogP contribution in [-0.2, 0) is 11.3 Å². The fourth-order valence-corrected chi connectivity index (χ4v) is 3.23. The first-order valence-corrected chi connectivity index (χ1v) is 7.76. The van der Waals surface area contributed by atoms with E-state index in [4.69, 9.17) is 5.26 Å². The maximum atomic E-state index is 11.9. The van der Waals surface area contributed by atoms with E-state index in [1.165, 1.54) is 0 Å². The van der Waals surface area contributed by atoms with Crippen LogP contribution in [0.5, 0.6) is 0 Å². The second-order valence-electron chi connectivity index (χ2n) is 4.93. The summed E-state index contributed by atoms with van der Waals surface area (Å²) in [7, 11) is 0. The summed E-state index contributed by atoms with van der Waals surface area (Å²) in [6.07, 6.45) is 1.55. The predicted molar refractivity (Wildman–Crippen MR) is 84.4 cm³/mol. The van der Waals surface area contributed by atoms with Crippen molar-refractivity contribution >= 4 is 28.6 Å². The van der Waals surface area contributed by atoms with E-state index in [-0.39, 0.29) is 5.91 Å². The van der Waals surface area contributed by atoms with Crippen molar-refractivity contribution in [3.05, 3.63) is 46.2 Å². The van der Waals surface area contributed by atoms with Gasteiger partial charge in [-0.25, -0.2) is 0 Å². The van der Waals surface area contributed by atoms with Crippen LogP contribution in [0.3, 0.4) is 0 Å². The molecule has 1 fully saturated rings. The number of nitriles is 1. The molecule has 2 heterocycles. The van der Waals surface area contributed by atoms with Gasteiger partial charge in [0.15, 0.2) is 0 Å². The topological polar surface area (TPSA) is 56.1 Å². The molecule has 4 nitrogen and oxygen atoms in total. The Morgan fingerprint density at radius 2 is 2.24 bits per heavy atom. The van der Waals surface area contributed by atoms with Gasteiger partial charge in [0.05, 0.1) is 16.9 Å². The van der Waals surface area contributed by atoms with Crippen molar-refractivity contribution in [1.82, 2.24) is 0 Å². The van der Waals surface area contributed by atoms with Crippen molar-refractivity contribution in [3.8, 4) is 6.07 Å². The zero-order valence-corrected chi connectivity index (χ0v) is 12.3. The molecule has 0 spiro atoms. The lowest BCUT2D eigenvalue weighted by atomic mass is 10.2. The van der Waals surface area contributed by atoms with Gasteiger partial charge in [-0.05, 0) is 24.6 Å². The highest BCUT2D eigenvalue weighted by Crippen LogP contribution is 2.30. The van der Waals surface area contributed by atoms with Crippen LogP contribution in [0.25, 0.3) is 0 Å². The number of carbonyl (C=O) groups is 1. The normalized spacial score (nSPS) is 14.2. The number of anilines is 2. The molecule has 0 atom stereocenters. The third-order valence-corrected chi connectivity index (χ3v) is 4.44. The summed E-state index contributed by atoms with van der Waals surface area (Å²) < 4.78 is 0. The van der Waals surface area contributed by atoms with E-state index in [2.05, 4.69) is 11.4 Å². The van der Waals surface area contributed by atoms with Crippen LogP contribution in [0.1, 0.15) is 23.3 Å². The number of hydrogen-bond donors (Lipinski definition) is 1. The lowest BCUT2D eigenvalue weighted by Crippen LogP contribution is -2.24. The average molecular weight is 297 g/mol. The first-order chi connectivity index (χ1) is 10.3. The van der Waals surface area contributed by atoms with Gasteiger partial charge in [-0.1, -0.05) is 12.1 Å². The van der Waals surface area contributed by atoms with Crippen molar-refractivity contribution in [2.75, 3.05) is 16.8 Å². The highest BCUT2D eigenvalue weighted by Gasteiger charge is 2.23. The number of nitrogens with zero attached hydrogens (tertiary/aromatic N) is 2. The molecule has 0 aliphatic carbocycles. The highest BCUT2D eigenvalue weighted by molar-refractivity contribution is 7.10. The number of benzene rings is 1. The monoisotopic (exact) mass is 297 g/mol. The van der Waals surface area contributed by atoms with Gasteiger partial charge in [-0.15, -0.1) is 11.3 Å². The highest BCUT2D eigenvalue weighted by atomic mass is 32.1. The minimum Gasteiger partial charge on any atom is -0.378 e. The van der Waals surface area contributed by atoms with Crippen LogP contribution in [0.15, 0.2) is 35.7 Å². The maximum absolute atomic E-state index is 11.9. The van der Waals surface area contributed by atoms with Crippen molar-refractivity contribution in [1.29, 1.82) is 5.26 Å². The molecule has 2 aromatic rings. The number of nitrogens with one attached hydrogen (secondary N) is 1. The number of para-hydroxylation sites is 2. The first kappa shape index (κ1) is 13.7. The fraction of sp³-hybridized carbons (Fsp3) is 0.250. The Balaban J connectivity index is 1.76. The summed E-state index contributed by atoms with van der Waals surface area (Å²) in [5.74, 6) is 0.187. The van der Waals surface area contributed by atoms with Crippen LogP contribution in [0.2, 0.25) is 0 Å². The molecule has 1 N–H and O–H groups in total. The van der Waals surface area contributed by atoms with Crippen molar-refractivity contribution in [2.24, 2.45) is 0 Å². The lowest BCUT2D eigenvalue weighted by molar-refractivity contribution is -0.117. The second kappa shape index (κ2) is 5.98. The van der Waals surface area contributed by atoms with E-state index in [1.54, 1.807) is 11.3 Å². The molecule has 0 unspecified atom stereocenters. The van der Waals surface area contributed by atoms with Crippen LogP contribution in [0, 0.1) is 11.3 Å². The SMILES string of the molecule is N#Cc1csc(CNc2ccccc2N2CCCC2=O)c1. The fourth-order valence-electron chi connectivity index (χ4n) is 2.48. The van der Waals surface area contributed by atoms with Gasteiger partial charge in [0.1, 0.15) is 6.07 Å². The molecule has 0 radical (unpaired) electrons. The molecule has 5 heteroatoms. The Labute approximate surface area is 127 Å². The summed E-state index contributed by atoms with van der Waals surface area (Å²) >= 11 is 1.57. The van der Waals surface area contributed by atoms with Crippen LogP contribution in [-0.4, -0.2) is 12.5 Å². The van der Waals surface area contributed by atoms with E-state index in [1.807, 2.05) is 40.6 Å². The van der Waals surface area contributed by atoms with Gasteiger partial charge in [-0.3, -0.25) is 4.79 Å². The quantitative estimate of drug-likeness (QED) is 0.941. The molecule has 106 valence electrons. The summed E-state index contributed by atoms with van der Waals surface area (Å²) in [6, 6.07) is 11.9. The van der Waals surface area contributed by atoms with Crippen molar-refractivity contribution in [2.45, 2.75) is 19.4 Å². The summed E-state index contributed by atoms with van der Waals surface area (Å²) in [6.45, 7) is 1.44. The standard InChI is InChI=1S/C16H15N3OS/c17-9-12-8-13(21-11-12)10-18-14-4-1-2-5-15(14)19-7-3-6-16(19)20/h1-2,4-5,8,11,18H,3,6-7,10H2. The lowest BCUT2D eigenvalue weighted by Gasteiger charge is -2.20. The van der Waals surface area contributed by atoms with E-state index < -0.39 is 0 Å². The molecule has 21 heavy (non-hydrogen) atoms. The Morgan fingerprint density at radius 1 is 1.38 bits per heavy atom. The largest absolute Gasteiger partial charge is 0.378 e. The average Bonchev–Trinajstić information content (AvgIpc) is 3.14. The van der Waals surface area contributed by atoms with E-state index in [0.717, 1.165) is 29.2 Å². The zero-order chi connectivity index (χ0) is 14.7. The van der Waals surface area contributed by atoms with Gasteiger partial charge in [0.2, 0.25) is 5.91 Å². The van der Waals surface area contributed by atoms with Gasteiger partial charge in [0.25, 0.3) is 0 Å². The van der Waals surface area contributed by atoms with Gasteiger partial charge in [0, 0.05) is 29.8 Å². The third-order valence-electron chi connectivity index (χ3n) is 3.50. The van der Waals surface area contributed by atoms with Crippen molar-refractivity contribution in [3.63, 3.8) is 0 Å². The van der Waals surface area contributed by atoms with E-state index in [9.17, 15) is 4.79 Å². The summed E-state index contributed by atoms with van der Waals surface area (Å²) in [5.41, 5.74) is 2.59. The van der Waals surface area contributed by atoms with Crippen molar-refractivity contribution < 1.29 is 4.79 Å². The minimum atomic E-state index is 0.187. The molecule has 1 aromatic carbocycles. The molecule has 0 bridgehead atoms. The molecule has 1 saturated heterocycles. The van der Waals surface area contributed by atoms with Crippen LogP contribution >= 0.6 is 11.3 Å². The Hall–Kier alpha value is -2.32. The second-order valence-corrected chi connectivity index (χ2v) is 5.93. The van der Waals surface area contributed by atoms with Gasteiger partial charge >= 0.3 is 0 Å². The molecule has 1 amide bonds. The van der Waals surface area contributed by atoms with Gasteiger partial charge < -0.3 is 10.2 Å². The zero-order valence-electron chi connectivity index (χ0n) is 11.5. The third kappa shape index (κ3) is 2.91. The Bertz CT molecular complexity index is 702. The molecule has 1 aliphatic heterocycles. The van der Waals surface area contributed by atoms with Crippen LogP contribution in [0.4, 0.5) is 11.4 Å². The Kier molecular flexibility index (Phi) is 3.89. The number of carbonyl (C=O) groups excluding carboxylic acids is 1. The molecule has 0 saturated carbocycles. The summed E-state index contributed by atoms with van der Waals surface area (Å²) in [4.78, 5) is 14.9. The molecular weight excluding hydrogens is 282 g/mol. The first-order valence-electron chi connectivity index (χ1n) is 6.89. The number of amides is 1. The Morgan fingerprint density at radius 3 is 2.95 bits per heavy atom. The number of rotatable bonds is 4. The van der Waals surface area contributed by atoms with E-state index in [0.29, 0.717) is 18.5 Å². The predicted octanol–water partition coefficient (Wildman–Crippen LogP) is 3.36.